The molecule has 170 valence electrons. The number of amides is 1. The van der Waals surface area contributed by atoms with Crippen LogP contribution in [0.4, 0.5) is 13.2 Å². The number of morpholine rings is 1. The molecular formula is C25H20F3NO4. The molecule has 0 bridgehead atoms. The van der Waals surface area contributed by atoms with Gasteiger partial charge in [0.05, 0.1) is 30.8 Å². The molecule has 2 aliphatic heterocycles. The molecule has 0 aliphatic carbocycles. The van der Waals surface area contributed by atoms with Crippen molar-refractivity contribution in [3.63, 3.8) is 0 Å². The van der Waals surface area contributed by atoms with Crippen LogP contribution in [0.5, 0.6) is 11.5 Å². The summed E-state index contributed by atoms with van der Waals surface area (Å²) < 4.78 is 61.5. The molecule has 0 spiro atoms. The topological polar surface area (TPSA) is 48.0 Å². The maximum atomic E-state index is 14.9. The fourth-order valence-electron chi connectivity index (χ4n) is 4.11. The predicted molar refractivity (Wildman–Crippen MR) is 113 cm³/mol. The van der Waals surface area contributed by atoms with E-state index >= 15 is 0 Å². The summed E-state index contributed by atoms with van der Waals surface area (Å²) in [6.07, 6.45) is -0.177. The zero-order valence-corrected chi connectivity index (χ0v) is 17.5. The molecule has 2 aliphatic rings. The van der Waals surface area contributed by atoms with Crippen LogP contribution in [0, 0.1) is 17.5 Å². The Morgan fingerprint density at radius 2 is 1.48 bits per heavy atom. The molecule has 0 aromatic heterocycles. The van der Waals surface area contributed by atoms with E-state index in [9.17, 15) is 18.0 Å². The molecule has 3 aromatic rings. The summed E-state index contributed by atoms with van der Waals surface area (Å²) in [6.45, 7) is 1.44. The molecule has 1 amide bonds. The van der Waals surface area contributed by atoms with Gasteiger partial charge in [-0.3, -0.25) is 4.79 Å². The first kappa shape index (κ1) is 21.3. The van der Waals surface area contributed by atoms with Crippen molar-refractivity contribution in [2.24, 2.45) is 0 Å². The molecule has 1 unspecified atom stereocenters. The lowest BCUT2D eigenvalue weighted by molar-refractivity contribution is -0.0887. The first-order valence-electron chi connectivity index (χ1n) is 10.5. The third-order valence-electron chi connectivity index (χ3n) is 5.78. The maximum Gasteiger partial charge on any atom is 0.285 e. The van der Waals surface area contributed by atoms with E-state index in [1.54, 1.807) is 24.3 Å². The molecule has 1 saturated heterocycles. The molecule has 1 atom stereocenters. The van der Waals surface area contributed by atoms with Crippen molar-refractivity contribution in [2.75, 3.05) is 26.3 Å². The van der Waals surface area contributed by atoms with Gasteiger partial charge in [-0.15, -0.1) is 0 Å². The fourth-order valence-corrected chi connectivity index (χ4v) is 4.11. The minimum atomic E-state index is -1.77. The Morgan fingerprint density at radius 3 is 2.18 bits per heavy atom. The smallest absolute Gasteiger partial charge is 0.285 e. The van der Waals surface area contributed by atoms with Crippen LogP contribution < -0.4 is 9.47 Å². The van der Waals surface area contributed by atoms with E-state index in [0.29, 0.717) is 26.3 Å². The number of fused-ring (bicyclic) bond motifs is 1. The van der Waals surface area contributed by atoms with Gasteiger partial charge in [0.25, 0.3) is 11.7 Å². The van der Waals surface area contributed by atoms with E-state index in [0.717, 1.165) is 6.07 Å². The Bertz CT molecular complexity index is 1210. The predicted octanol–water partition coefficient (Wildman–Crippen LogP) is 4.44. The summed E-state index contributed by atoms with van der Waals surface area (Å²) in [5.74, 6) is -4.11. The van der Waals surface area contributed by atoms with Crippen LogP contribution in [0.25, 0.3) is 0 Å². The summed E-state index contributed by atoms with van der Waals surface area (Å²) >= 11 is 0. The highest BCUT2D eigenvalue weighted by Crippen LogP contribution is 2.47. The van der Waals surface area contributed by atoms with Crippen LogP contribution in [-0.4, -0.2) is 37.1 Å². The van der Waals surface area contributed by atoms with Gasteiger partial charge in [0, 0.05) is 19.2 Å². The Hall–Kier alpha value is -3.52. The molecule has 3 aromatic carbocycles. The Morgan fingerprint density at radius 1 is 0.848 bits per heavy atom. The zero-order valence-electron chi connectivity index (χ0n) is 17.5. The minimum Gasteiger partial charge on any atom is -0.444 e. The van der Waals surface area contributed by atoms with E-state index in [-0.39, 0.29) is 34.6 Å². The number of rotatable bonds is 4. The SMILES string of the molecule is O=C(c1cc2c(cc1F)OC(Cc1ccccc1F)(c1ccccc1F)O2)N1CCOCC1. The third-order valence-corrected chi connectivity index (χ3v) is 5.78. The van der Waals surface area contributed by atoms with Crippen LogP contribution in [0.15, 0.2) is 60.7 Å². The molecule has 1 fully saturated rings. The maximum absolute atomic E-state index is 14.9. The summed E-state index contributed by atoms with van der Waals surface area (Å²) in [6, 6.07) is 14.1. The summed E-state index contributed by atoms with van der Waals surface area (Å²) in [5.41, 5.74) is 0.0824. The average molecular weight is 455 g/mol. The van der Waals surface area contributed by atoms with E-state index in [2.05, 4.69) is 0 Å². The molecule has 0 N–H and O–H groups in total. The highest BCUT2D eigenvalue weighted by atomic mass is 19.1. The lowest BCUT2D eigenvalue weighted by Gasteiger charge is -2.29. The third kappa shape index (κ3) is 3.91. The standard InChI is InChI=1S/C25H20F3NO4/c26-19-7-3-1-5-16(19)15-25(18-6-2-4-8-20(18)27)32-22-13-17(21(28)14-23(22)33-25)24(30)29-9-11-31-12-10-29/h1-8,13-14H,9-12,15H2. The second kappa shape index (κ2) is 8.44. The monoisotopic (exact) mass is 455 g/mol. The molecule has 5 rings (SSSR count). The zero-order chi connectivity index (χ0) is 23.0. The molecule has 33 heavy (non-hydrogen) atoms. The molecule has 0 radical (unpaired) electrons. The molecule has 2 heterocycles. The fraction of sp³-hybridized carbons (Fsp3) is 0.240. The lowest BCUT2D eigenvalue weighted by atomic mass is 9.96. The van der Waals surface area contributed by atoms with Crippen molar-refractivity contribution in [1.29, 1.82) is 0 Å². The highest BCUT2D eigenvalue weighted by Gasteiger charge is 2.46. The largest absolute Gasteiger partial charge is 0.444 e. The van der Waals surface area contributed by atoms with Crippen molar-refractivity contribution in [3.8, 4) is 11.5 Å². The minimum absolute atomic E-state index is 0.00520. The first-order valence-corrected chi connectivity index (χ1v) is 10.5. The Kier molecular flexibility index (Phi) is 5.46. The van der Waals surface area contributed by atoms with E-state index in [1.807, 2.05) is 0 Å². The lowest BCUT2D eigenvalue weighted by Crippen LogP contribution is -2.41. The van der Waals surface area contributed by atoms with Gasteiger partial charge in [0.15, 0.2) is 11.5 Å². The van der Waals surface area contributed by atoms with Gasteiger partial charge >= 0.3 is 0 Å². The van der Waals surface area contributed by atoms with Crippen LogP contribution in [0.2, 0.25) is 0 Å². The van der Waals surface area contributed by atoms with Crippen molar-refractivity contribution in [2.45, 2.75) is 12.2 Å². The quantitative estimate of drug-likeness (QED) is 0.584. The number of carbonyl (C=O) groups excluding carboxylic acids is 1. The van der Waals surface area contributed by atoms with E-state index in [4.69, 9.17) is 14.2 Å². The molecular weight excluding hydrogens is 435 g/mol. The summed E-state index contributed by atoms with van der Waals surface area (Å²) in [5, 5.41) is 0. The number of hydrogen-bond donors (Lipinski definition) is 0. The second-order valence-corrected chi connectivity index (χ2v) is 7.89. The second-order valence-electron chi connectivity index (χ2n) is 7.89. The number of benzene rings is 3. The van der Waals surface area contributed by atoms with Crippen molar-refractivity contribution in [3.05, 3.63) is 94.8 Å². The normalized spacial score (nSPS) is 19.5. The number of carbonyl (C=O) groups is 1. The molecule has 5 nitrogen and oxygen atoms in total. The summed E-state index contributed by atoms with van der Waals surface area (Å²) in [4.78, 5) is 14.4. The van der Waals surface area contributed by atoms with Gasteiger partial charge in [-0.1, -0.05) is 30.3 Å². The Labute approximate surface area is 188 Å². The van der Waals surface area contributed by atoms with E-state index in [1.165, 1.54) is 35.2 Å². The van der Waals surface area contributed by atoms with Gasteiger partial charge < -0.3 is 19.1 Å². The first-order chi connectivity index (χ1) is 16.0. The highest BCUT2D eigenvalue weighted by molar-refractivity contribution is 5.95. The van der Waals surface area contributed by atoms with Gasteiger partial charge in [-0.05, 0) is 29.8 Å². The van der Waals surface area contributed by atoms with Crippen LogP contribution in [-0.2, 0) is 16.9 Å². The van der Waals surface area contributed by atoms with Gasteiger partial charge in [0.1, 0.15) is 17.5 Å². The van der Waals surface area contributed by atoms with Crippen LogP contribution >= 0.6 is 0 Å². The van der Waals surface area contributed by atoms with E-state index < -0.39 is 29.1 Å². The van der Waals surface area contributed by atoms with Crippen molar-refractivity contribution in [1.82, 2.24) is 4.90 Å². The number of halogens is 3. The molecule has 8 heteroatoms. The number of ether oxygens (including phenoxy) is 3. The summed E-state index contributed by atoms with van der Waals surface area (Å²) in [7, 11) is 0. The average Bonchev–Trinajstić information content (AvgIpc) is 3.18. The van der Waals surface area contributed by atoms with Gasteiger partial charge in [-0.2, -0.15) is 0 Å². The number of hydrogen-bond acceptors (Lipinski definition) is 4. The van der Waals surface area contributed by atoms with Crippen LogP contribution in [0.1, 0.15) is 21.5 Å². The van der Waals surface area contributed by atoms with Crippen molar-refractivity contribution < 1.29 is 32.2 Å². The number of nitrogens with zero attached hydrogens (tertiary/aromatic N) is 1. The Balaban J connectivity index is 1.55. The molecule has 0 saturated carbocycles. The van der Waals surface area contributed by atoms with Crippen LogP contribution in [0.3, 0.4) is 0 Å². The van der Waals surface area contributed by atoms with Gasteiger partial charge in [-0.25, -0.2) is 13.2 Å². The van der Waals surface area contributed by atoms with Crippen molar-refractivity contribution >= 4 is 5.91 Å². The van der Waals surface area contributed by atoms with Gasteiger partial charge in [0.2, 0.25) is 0 Å².